The molecular formula is C23H25Cl3O8. The first-order valence-electron chi connectivity index (χ1n) is 10.3. The number of halogens is 3. The van der Waals surface area contributed by atoms with Crippen molar-refractivity contribution < 1.29 is 38.0 Å². The van der Waals surface area contributed by atoms with Crippen LogP contribution in [0.2, 0.25) is 15.1 Å². The van der Waals surface area contributed by atoms with E-state index in [4.69, 9.17) is 63.2 Å². The van der Waals surface area contributed by atoms with Crippen LogP contribution in [0.5, 0.6) is 11.5 Å². The van der Waals surface area contributed by atoms with Gasteiger partial charge in [-0.15, -0.1) is 0 Å². The maximum absolute atomic E-state index is 11.7. The molecule has 0 unspecified atom stereocenters. The number of esters is 2. The molecule has 0 fully saturated rings. The van der Waals surface area contributed by atoms with Crippen LogP contribution >= 0.6 is 34.8 Å². The summed E-state index contributed by atoms with van der Waals surface area (Å²) >= 11 is 17.8. The Kier molecular flexibility index (Phi) is 12.9. The molecule has 2 aromatic rings. The van der Waals surface area contributed by atoms with E-state index in [0.717, 1.165) is 5.56 Å². The maximum Gasteiger partial charge on any atom is 0.344 e. The molecule has 0 aromatic heterocycles. The second-order valence-corrected chi connectivity index (χ2v) is 8.00. The fraction of sp³-hybridized carbons (Fsp3) is 0.391. The molecule has 34 heavy (non-hydrogen) atoms. The van der Waals surface area contributed by atoms with Crippen molar-refractivity contribution in [1.82, 2.24) is 0 Å². The standard InChI is InChI=1S/C23H25Cl3O8/c1-16-2-4-20(18(25)12-16)33-14-22(27)31-10-8-29-6-7-30-9-11-32-23(28)15-34-21-5-3-17(24)13-19(21)26/h2-5,12-13H,6-11,14-15H2,1H3. The highest BCUT2D eigenvalue weighted by molar-refractivity contribution is 6.35. The van der Waals surface area contributed by atoms with Gasteiger partial charge >= 0.3 is 11.9 Å². The first kappa shape index (κ1) is 28.0. The molecule has 0 aliphatic carbocycles. The molecule has 2 aromatic carbocycles. The molecule has 0 bridgehead atoms. The van der Waals surface area contributed by atoms with E-state index in [0.29, 0.717) is 33.2 Å². The molecule has 0 spiro atoms. The summed E-state index contributed by atoms with van der Waals surface area (Å²) in [7, 11) is 0. The van der Waals surface area contributed by atoms with E-state index in [9.17, 15) is 9.59 Å². The number of carbonyl (C=O) groups is 2. The summed E-state index contributed by atoms with van der Waals surface area (Å²) in [6.07, 6.45) is 0. The van der Waals surface area contributed by atoms with Gasteiger partial charge in [0.1, 0.15) is 24.7 Å². The average Bonchev–Trinajstić information content (AvgIpc) is 2.79. The Morgan fingerprint density at radius 2 is 1.15 bits per heavy atom. The number of carbonyl (C=O) groups excluding carboxylic acids is 2. The van der Waals surface area contributed by atoms with Gasteiger partial charge in [-0.25, -0.2) is 9.59 Å². The largest absolute Gasteiger partial charge is 0.480 e. The molecule has 0 saturated carbocycles. The summed E-state index contributed by atoms with van der Waals surface area (Å²) in [6, 6.07) is 9.96. The van der Waals surface area contributed by atoms with Gasteiger partial charge in [0.15, 0.2) is 13.2 Å². The number of hydrogen-bond acceptors (Lipinski definition) is 8. The highest BCUT2D eigenvalue weighted by Crippen LogP contribution is 2.27. The molecule has 0 aliphatic heterocycles. The van der Waals surface area contributed by atoms with E-state index in [-0.39, 0.29) is 46.2 Å². The molecule has 0 saturated heterocycles. The fourth-order valence-electron chi connectivity index (χ4n) is 2.42. The Morgan fingerprint density at radius 1 is 0.676 bits per heavy atom. The number of aryl methyl sites for hydroxylation is 1. The molecule has 0 N–H and O–H groups in total. The molecular weight excluding hydrogens is 511 g/mol. The Balaban J connectivity index is 1.41. The molecule has 0 atom stereocenters. The third-order valence-corrected chi connectivity index (χ3v) is 4.85. The van der Waals surface area contributed by atoms with Crippen LogP contribution in [0.15, 0.2) is 36.4 Å². The SMILES string of the molecule is Cc1ccc(OCC(=O)OCCOCCOCCOC(=O)COc2ccc(Cl)cc2Cl)c(Cl)c1. The zero-order valence-electron chi connectivity index (χ0n) is 18.5. The Morgan fingerprint density at radius 3 is 1.65 bits per heavy atom. The van der Waals surface area contributed by atoms with Crippen molar-refractivity contribution in [2.24, 2.45) is 0 Å². The third kappa shape index (κ3) is 11.3. The monoisotopic (exact) mass is 534 g/mol. The summed E-state index contributed by atoms with van der Waals surface area (Å²) < 4.78 is 31.2. The van der Waals surface area contributed by atoms with Crippen LogP contribution in [-0.4, -0.2) is 64.8 Å². The Hall–Kier alpha value is -2.23. The van der Waals surface area contributed by atoms with Crippen LogP contribution in [0.1, 0.15) is 5.56 Å². The minimum absolute atomic E-state index is 0.0686. The summed E-state index contributed by atoms with van der Waals surface area (Å²) in [6.45, 7) is 2.51. The fourth-order valence-corrected chi connectivity index (χ4v) is 3.18. The first-order valence-corrected chi connectivity index (χ1v) is 11.4. The molecule has 0 amide bonds. The van der Waals surface area contributed by atoms with Crippen molar-refractivity contribution in [3.05, 3.63) is 57.0 Å². The molecule has 0 radical (unpaired) electrons. The van der Waals surface area contributed by atoms with Crippen molar-refractivity contribution in [2.45, 2.75) is 6.92 Å². The average molecular weight is 536 g/mol. The van der Waals surface area contributed by atoms with Gasteiger partial charge < -0.3 is 28.4 Å². The van der Waals surface area contributed by atoms with Crippen molar-refractivity contribution >= 4 is 46.7 Å². The van der Waals surface area contributed by atoms with Gasteiger partial charge in [0.25, 0.3) is 0 Å². The number of ether oxygens (including phenoxy) is 6. The van der Waals surface area contributed by atoms with E-state index in [2.05, 4.69) is 0 Å². The summed E-state index contributed by atoms with van der Waals surface area (Å²) in [5, 5.41) is 1.21. The minimum atomic E-state index is -0.554. The molecule has 0 aliphatic rings. The van der Waals surface area contributed by atoms with Crippen LogP contribution < -0.4 is 9.47 Å². The molecule has 0 heterocycles. The second kappa shape index (κ2) is 15.6. The first-order chi connectivity index (χ1) is 16.3. The van der Waals surface area contributed by atoms with Crippen molar-refractivity contribution in [3.8, 4) is 11.5 Å². The van der Waals surface area contributed by atoms with E-state index in [1.807, 2.05) is 13.0 Å². The van der Waals surface area contributed by atoms with Gasteiger partial charge in [0.2, 0.25) is 0 Å². The number of benzene rings is 2. The highest BCUT2D eigenvalue weighted by Gasteiger charge is 2.08. The van der Waals surface area contributed by atoms with Crippen LogP contribution in [0.4, 0.5) is 0 Å². The topological polar surface area (TPSA) is 89.5 Å². The summed E-state index contributed by atoms with van der Waals surface area (Å²) in [4.78, 5) is 23.3. The lowest BCUT2D eigenvalue weighted by molar-refractivity contribution is -0.149. The smallest absolute Gasteiger partial charge is 0.344 e. The van der Waals surface area contributed by atoms with Gasteiger partial charge in [-0.05, 0) is 42.8 Å². The highest BCUT2D eigenvalue weighted by atomic mass is 35.5. The van der Waals surface area contributed by atoms with E-state index < -0.39 is 11.9 Å². The molecule has 11 heteroatoms. The van der Waals surface area contributed by atoms with Crippen LogP contribution in [0, 0.1) is 6.92 Å². The zero-order chi connectivity index (χ0) is 24.8. The van der Waals surface area contributed by atoms with Crippen molar-refractivity contribution in [3.63, 3.8) is 0 Å². The summed E-state index contributed by atoms with van der Waals surface area (Å²) in [5.41, 5.74) is 0.993. The van der Waals surface area contributed by atoms with Crippen LogP contribution in [0.25, 0.3) is 0 Å². The van der Waals surface area contributed by atoms with Gasteiger partial charge in [0.05, 0.1) is 36.5 Å². The van der Waals surface area contributed by atoms with Gasteiger partial charge in [-0.1, -0.05) is 40.9 Å². The minimum Gasteiger partial charge on any atom is -0.480 e. The molecule has 186 valence electrons. The Labute approximate surface area is 212 Å². The number of hydrogen-bond donors (Lipinski definition) is 0. The van der Waals surface area contributed by atoms with Crippen LogP contribution in [0.3, 0.4) is 0 Å². The van der Waals surface area contributed by atoms with Gasteiger partial charge in [-0.2, -0.15) is 0 Å². The maximum atomic E-state index is 11.7. The van der Waals surface area contributed by atoms with Gasteiger partial charge in [-0.3, -0.25) is 0 Å². The molecule has 2 rings (SSSR count). The normalized spacial score (nSPS) is 10.6. The predicted molar refractivity (Wildman–Crippen MR) is 127 cm³/mol. The summed E-state index contributed by atoms with van der Waals surface area (Å²) in [5.74, 6) is -0.325. The lowest BCUT2D eigenvalue weighted by Gasteiger charge is -2.10. The van der Waals surface area contributed by atoms with Crippen LogP contribution in [-0.2, 0) is 28.5 Å². The quantitative estimate of drug-likeness (QED) is 0.243. The van der Waals surface area contributed by atoms with E-state index >= 15 is 0 Å². The van der Waals surface area contributed by atoms with Crippen molar-refractivity contribution in [1.29, 1.82) is 0 Å². The second-order valence-electron chi connectivity index (χ2n) is 6.75. The van der Waals surface area contributed by atoms with Crippen molar-refractivity contribution in [2.75, 3.05) is 52.9 Å². The lowest BCUT2D eigenvalue weighted by Crippen LogP contribution is -2.19. The van der Waals surface area contributed by atoms with E-state index in [1.54, 1.807) is 24.3 Å². The third-order valence-electron chi connectivity index (χ3n) is 4.03. The lowest BCUT2D eigenvalue weighted by atomic mass is 10.2. The van der Waals surface area contributed by atoms with Gasteiger partial charge in [0, 0.05) is 5.02 Å². The van der Waals surface area contributed by atoms with E-state index in [1.165, 1.54) is 6.07 Å². The number of rotatable bonds is 15. The zero-order valence-corrected chi connectivity index (χ0v) is 20.8. The Bertz CT molecular complexity index is 863. The predicted octanol–water partition coefficient (Wildman–Crippen LogP) is 4.53. The molecule has 8 nitrogen and oxygen atoms in total.